The lowest BCUT2D eigenvalue weighted by atomic mass is 10.2. The van der Waals surface area contributed by atoms with Crippen molar-refractivity contribution in [2.75, 3.05) is 0 Å². The maximum Gasteiger partial charge on any atom is 0.265 e. The Hall–Kier alpha value is -0.580. The molecule has 1 rings (SSSR count). The van der Waals surface area contributed by atoms with Crippen molar-refractivity contribution in [1.82, 2.24) is 4.98 Å². The summed E-state index contributed by atoms with van der Waals surface area (Å²) >= 11 is 2.71. The molecule has 0 unspecified atom stereocenters. The third-order valence-corrected chi connectivity index (χ3v) is 2.19. The molecule has 0 atom stereocenters. The molecule has 1 heterocycles. The van der Waals surface area contributed by atoms with E-state index in [1.165, 1.54) is 6.92 Å². The first-order chi connectivity index (χ1) is 5.54. The van der Waals surface area contributed by atoms with Crippen LogP contribution < -0.4 is 0 Å². The van der Waals surface area contributed by atoms with E-state index < -0.39 is 12.4 Å². The molecule has 0 aliphatic rings. The number of hydrogen-bond acceptors (Lipinski definition) is 1. The Bertz CT molecular complexity index is 301. The molecule has 0 aliphatic carbocycles. The van der Waals surface area contributed by atoms with Gasteiger partial charge in [0.25, 0.3) is 6.43 Å². The van der Waals surface area contributed by atoms with Crippen molar-refractivity contribution in [3.8, 4) is 0 Å². The molecule has 0 spiro atoms. The molecule has 0 N–H and O–H groups in total. The Morgan fingerprint density at radius 1 is 1.50 bits per heavy atom. The van der Waals surface area contributed by atoms with Gasteiger partial charge in [-0.3, -0.25) is 0 Å². The van der Waals surface area contributed by atoms with Gasteiger partial charge < -0.3 is 0 Å². The quantitative estimate of drug-likeness (QED) is 0.686. The van der Waals surface area contributed by atoms with Crippen LogP contribution in [0.1, 0.15) is 17.6 Å². The molecule has 1 aromatic heterocycles. The number of hydrogen-bond donors (Lipinski definition) is 0. The van der Waals surface area contributed by atoms with E-state index in [1.807, 2.05) is 0 Å². The fraction of sp³-hybridized carbons (Fsp3) is 0.286. The van der Waals surface area contributed by atoms with Crippen molar-refractivity contribution in [2.24, 2.45) is 0 Å². The average Bonchev–Trinajstić information content (AvgIpc) is 1.97. The van der Waals surface area contributed by atoms with Crippen LogP contribution >= 0.6 is 15.9 Å². The van der Waals surface area contributed by atoms with Crippen LogP contribution in [0.2, 0.25) is 0 Å². The minimum atomic E-state index is -2.68. The van der Waals surface area contributed by atoms with E-state index in [0.717, 1.165) is 6.20 Å². The molecule has 0 saturated carbocycles. The Morgan fingerprint density at radius 3 is 2.50 bits per heavy atom. The van der Waals surface area contributed by atoms with Gasteiger partial charge in [0.15, 0.2) is 0 Å². The van der Waals surface area contributed by atoms with Crippen LogP contribution in [-0.2, 0) is 0 Å². The summed E-state index contributed by atoms with van der Waals surface area (Å²) in [6, 6.07) is 0. The number of aryl methyl sites for hydroxylation is 1. The minimum absolute atomic E-state index is 0.252. The standard InChI is InChI=1S/C7H5BrF3N/c1-3-2-12-7(11)5(8)4(3)6(9)10/h2,6H,1H3. The molecular weight excluding hydrogens is 235 g/mol. The SMILES string of the molecule is Cc1cnc(F)c(Br)c1C(F)F. The van der Waals surface area contributed by atoms with E-state index in [9.17, 15) is 13.2 Å². The third kappa shape index (κ3) is 1.60. The van der Waals surface area contributed by atoms with Gasteiger partial charge in [0, 0.05) is 11.8 Å². The topological polar surface area (TPSA) is 12.9 Å². The van der Waals surface area contributed by atoms with Crippen molar-refractivity contribution in [2.45, 2.75) is 13.3 Å². The number of halogens is 4. The van der Waals surface area contributed by atoms with Gasteiger partial charge in [-0.2, -0.15) is 4.39 Å². The Balaban J connectivity index is 3.33. The summed E-state index contributed by atoms with van der Waals surface area (Å²) in [4.78, 5) is 3.27. The van der Waals surface area contributed by atoms with Crippen LogP contribution in [0, 0.1) is 12.9 Å². The van der Waals surface area contributed by atoms with E-state index in [4.69, 9.17) is 0 Å². The molecule has 66 valence electrons. The number of alkyl halides is 2. The van der Waals surface area contributed by atoms with Gasteiger partial charge in [-0.25, -0.2) is 13.8 Å². The summed E-state index contributed by atoms with van der Waals surface area (Å²) in [5, 5.41) is 0. The first-order valence-corrected chi connectivity index (χ1v) is 3.92. The summed E-state index contributed by atoms with van der Waals surface area (Å²) in [6.07, 6.45) is -1.60. The van der Waals surface area contributed by atoms with Gasteiger partial charge in [0.2, 0.25) is 5.95 Å². The summed E-state index contributed by atoms with van der Waals surface area (Å²) in [5.74, 6) is -0.907. The Labute approximate surface area is 75.7 Å². The van der Waals surface area contributed by atoms with Crippen LogP contribution in [0.15, 0.2) is 10.7 Å². The van der Waals surface area contributed by atoms with E-state index in [1.54, 1.807) is 0 Å². The second kappa shape index (κ2) is 3.43. The zero-order chi connectivity index (χ0) is 9.30. The van der Waals surface area contributed by atoms with Gasteiger partial charge in [-0.1, -0.05) is 0 Å². The van der Waals surface area contributed by atoms with Crippen molar-refractivity contribution >= 4 is 15.9 Å². The lowest BCUT2D eigenvalue weighted by Gasteiger charge is -2.06. The van der Waals surface area contributed by atoms with Crippen LogP contribution in [0.3, 0.4) is 0 Å². The Morgan fingerprint density at radius 2 is 2.08 bits per heavy atom. The molecule has 0 aliphatic heterocycles. The van der Waals surface area contributed by atoms with E-state index in [2.05, 4.69) is 20.9 Å². The summed E-state index contributed by atoms with van der Waals surface area (Å²) in [5.41, 5.74) is -0.0548. The van der Waals surface area contributed by atoms with Crippen molar-refractivity contribution < 1.29 is 13.2 Å². The van der Waals surface area contributed by atoms with E-state index in [0.29, 0.717) is 0 Å². The van der Waals surface area contributed by atoms with Crippen LogP contribution in [-0.4, -0.2) is 4.98 Å². The largest absolute Gasteiger partial charge is 0.265 e. The smallest absolute Gasteiger partial charge is 0.227 e. The molecule has 5 heteroatoms. The first-order valence-electron chi connectivity index (χ1n) is 3.12. The number of aromatic nitrogens is 1. The summed E-state index contributed by atoms with van der Waals surface area (Å²) in [6.45, 7) is 1.46. The predicted molar refractivity (Wildman–Crippen MR) is 41.6 cm³/mol. The minimum Gasteiger partial charge on any atom is -0.227 e. The van der Waals surface area contributed by atoms with Gasteiger partial charge in [0.1, 0.15) is 0 Å². The monoisotopic (exact) mass is 239 g/mol. The fourth-order valence-corrected chi connectivity index (χ4v) is 1.42. The van der Waals surface area contributed by atoms with E-state index >= 15 is 0 Å². The maximum atomic E-state index is 12.6. The second-order valence-electron chi connectivity index (χ2n) is 2.26. The van der Waals surface area contributed by atoms with Crippen LogP contribution in [0.5, 0.6) is 0 Å². The molecule has 12 heavy (non-hydrogen) atoms. The maximum absolute atomic E-state index is 12.6. The zero-order valence-electron chi connectivity index (χ0n) is 6.11. The van der Waals surface area contributed by atoms with Crippen LogP contribution in [0.25, 0.3) is 0 Å². The highest BCUT2D eigenvalue weighted by atomic mass is 79.9. The van der Waals surface area contributed by atoms with Crippen molar-refractivity contribution in [3.05, 3.63) is 27.7 Å². The molecule has 0 amide bonds. The van der Waals surface area contributed by atoms with Gasteiger partial charge in [-0.05, 0) is 28.4 Å². The number of nitrogens with zero attached hydrogens (tertiary/aromatic N) is 1. The predicted octanol–water partition coefficient (Wildman–Crippen LogP) is 3.23. The van der Waals surface area contributed by atoms with Crippen molar-refractivity contribution in [1.29, 1.82) is 0 Å². The van der Waals surface area contributed by atoms with Gasteiger partial charge in [0.05, 0.1) is 4.47 Å². The number of rotatable bonds is 1. The van der Waals surface area contributed by atoms with Crippen molar-refractivity contribution in [3.63, 3.8) is 0 Å². The molecule has 0 bridgehead atoms. The highest BCUT2D eigenvalue weighted by molar-refractivity contribution is 9.10. The normalized spacial score (nSPS) is 10.8. The fourth-order valence-electron chi connectivity index (χ4n) is 0.832. The average molecular weight is 240 g/mol. The highest BCUT2D eigenvalue weighted by Crippen LogP contribution is 2.30. The first kappa shape index (κ1) is 9.51. The summed E-state index contributed by atoms with van der Waals surface area (Å²) < 4.78 is 36.9. The molecule has 0 aromatic carbocycles. The Kier molecular flexibility index (Phi) is 2.72. The van der Waals surface area contributed by atoms with Gasteiger partial charge in [-0.15, -0.1) is 0 Å². The second-order valence-corrected chi connectivity index (χ2v) is 3.05. The van der Waals surface area contributed by atoms with Gasteiger partial charge >= 0.3 is 0 Å². The summed E-state index contributed by atoms with van der Waals surface area (Å²) in [7, 11) is 0. The van der Waals surface area contributed by atoms with E-state index in [-0.39, 0.29) is 15.6 Å². The lowest BCUT2D eigenvalue weighted by Crippen LogP contribution is -1.96. The highest BCUT2D eigenvalue weighted by Gasteiger charge is 2.18. The molecule has 0 fully saturated rings. The number of pyridine rings is 1. The lowest BCUT2D eigenvalue weighted by molar-refractivity contribution is 0.149. The molecule has 1 aromatic rings. The molecular formula is C7H5BrF3N. The zero-order valence-corrected chi connectivity index (χ0v) is 7.70. The van der Waals surface area contributed by atoms with Crippen LogP contribution in [0.4, 0.5) is 13.2 Å². The molecule has 0 radical (unpaired) electrons. The molecule has 0 saturated heterocycles. The molecule has 1 nitrogen and oxygen atoms in total. The third-order valence-electron chi connectivity index (χ3n) is 1.43.